The molecule has 0 unspecified atom stereocenters. The monoisotopic (exact) mass is 527 g/mol. The van der Waals surface area contributed by atoms with E-state index in [0.717, 1.165) is 47.4 Å². The third-order valence-electron chi connectivity index (χ3n) is 6.74. The molecular formula is C28H37N3O5S. The summed E-state index contributed by atoms with van der Waals surface area (Å²) in [5.41, 5.74) is 2.44. The van der Waals surface area contributed by atoms with Gasteiger partial charge in [-0.15, -0.1) is 0 Å². The molecule has 0 aliphatic heterocycles. The Morgan fingerprint density at radius 3 is 2.32 bits per heavy atom. The van der Waals surface area contributed by atoms with E-state index in [9.17, 15) is 22.8 Å². The number of aryl methyl sites for hydroxylation is 1. The van der Waals surface area contributed by atoms with Crippen molar-refractivity contribution >= 4 is 33.3 Å². The number of hydrogen-bond donors (Lipinski definition) is 1. The van der Waals surface area contributed by atoms with Crippen molar-refractivity contribution < 1.29 is 22.8 Å². The zero-order valence-corrected chi connectivity index (χ0v) is 22.9. The topological polar surface area (TPSA) is 104 Å². The third kappa shape index (κ3) is 7.64. The molecule has 200 valence electrons. The van der Waals surface area contributed by atoms with E-state index in [1.807, 2.05) is 38.1 Å². The smallest absolute Gasteiger partial charge is 0.244 e. The Kier molecular flexibility index (Phi) is 9.48. The number of nitrogens with zero attached hydrogens (tertiary/aromatic N) is 2. The molecule has 2 aromatic carbocycles. The summed E-state index contributed by atoms with van der Waals surface area (Å²) in [4.78, 5) is 40.5. The van der Waals surface area contributed by atoms with Crippen LogP contribution in [0, 0.1) is 6.92 Å². The van der Waals surface area contributed by atoms with Gasteiger partial charge in [0.1, 0.15) is 12.6 Å². The summed E-state index contributed by atoms with van der Waals surface area (Å²) in [5.74, 6) is -0.925. The van der Waals surface area contributed by atoms with Crippen molar-refractivity contribution in [2.24, 2.45) is 0 Å². The second-order valence-corrected chi connectivity index (χ2v) is 11.7. The number of anilines is 1. The number of nitrogens with one attached hydrogen (secondary N) is 1. The molecule has 2 amide bonds. The zero-order valence-electron chi connectivity index (χ0n) is 22.1. The van der Waals surface area contributed by atoms with Crippen LogP contribution >= 0.6 is 0 Å². The molecule has 1 aliphatic rings. The number of carbonyl (C=O) groups excluding carboxylic acids is 3. The standard InChI is InChI=1S/C28H37N3O5S/c1-5-26(28(34)29-24-13-6-7-14-24)30(18-22-11-8-10-20(2)16-22)27(33)19-31(37(4,35)36)25-15-9-12-23(17-25)21(3)32/h8-12,15-17,24,26H,5-7,13-14,18-19H2,1-4H3,(H,29,34)/t26-/m1/s1. The predicted molar refractivity (Wildman–Crippen MR) is 145 cm³/mol. The van der Waals surface area contributed by atoms with Crippen LogP contribution in [0.15, 0.2) is 48.5 Å². The lowest BCUT2D eigenvalue weighted by Gasteiger charge is -2.33. The van der Waals surface area contributed by atoms with Gasteiger partial charge in [-0.2, -0.15) is 0 Å². The molecule has 1 fully saturated rings. The molecule has 0 heterocycles. The first kappa shape index (κ1) is 28.4. The van der Waals surface area contributed by atoms with Gasteiger partial charge in [0.25, 0.3) is 0 Å². The number of carbonyl (C=O) groups is 3. The van der Waals surface area contributed by atoms with Gasteiger partial charge in [-0.3, -0.25) is 18.7 Å². The van der Waals surface area contributed by atoms with Gasteiger partial charge in [0.05, 0.1) is 11.9 Å². The van der Waals surface area contributed by atoms with E-state index in [2.05, 4.69) is 5.32 Å². The van der Waals surface area contributed by atoms with Crippen LogP contribution in [0.1, 0.15) is 67.4 Å². The van der Waals surface area contributed by atoms with Gasteiger partial charge < -0.3 is 10.2 Å². The van der Waals surface area contributed by atoms with E-state index in [0.29, 0.717) is 12.0 Å². The summed E-state index contributed by atoms with van der Waals surface area (Å²) in [5, 5.41) is 3.10. The molecule has 1 aliphatic carbocycles. The molecule has 1 saturated carbocycles. The molecule has 3 rings (SSSR count). The minimum atomic E-state index is -3.87. The summed E-state index contributed by atoms with van der Waals surface area (Å²) in [7, 11) is -3.87. The SMILES string of the molecule is CC[C@H](C(=O)NC1CCCC1)N(Cc1cccc(C)c1)C(=O)CN(c1cccc(C(C)=O)c1)S(C)(=O)=O. The molecule has 1 N–H and O–H groups in total. The lowest BCUT2D eigenvalue weighted by molar-refractivity contribution is -0.140. The molecule has 9 heteroatoms. The molecule has 8 nitrogen and oxygen atoms in total. The van der Waals surface area contributed by atoms with Gasteiger partial charge in [0.2, 0.25) is 21.8 Å². The van der Waals surface area contributed by atoms with Gasteiger partial charge in [-0.25, -0.2) is 8.42 Å². The number of amides is 2. The molecule has 0 aromatic heterocycles. The zero-order chi connectivity index (χ0) is 27.2. The van der Waals surface area contributed by atoms with E-state index in [4.69, 9.17) is 0 Å². The second-order valence-electron chi connectivity index (χ2n) is 9.80. The normalized spacial score (nSPS) is 14.7. The van der Waals surface area contributed by atoms with Crippen LogP contribution in [-0.2, 0) is 26.2 Å². The fraction of sp³-hybridized carbons (Fsp3) is 0.464. The van der Waals surface area contributed by atoms with Crippen molar-refractivity contribution in [1.82, 2.24) is 10.2 Å². The van der Waals surface area contributed by atoms with Gasteiger partial charge in [-0.1, -0.05) is 61.7 Å². The maximum Gasteiger partial charge on any atom is 0.244 e. The molecular weight excluding hydrogens is 490 g/mol. The van der Waals surface area contributed by atoms with E-state index < -0.39 is 28.5 Å². The van der Waals surface area contributed by atoms with Crippen molar-refractivity contribution in [3.05, 3.63) is 65.2 Å². The quantitative estimate of drug-likeness (QED) is 0.448. The molecule has 37 heavy (non-hydrogen) atoms. The molecule has 1 atom stereocenters. The van der Waals surface area contributed by atoms with Crippen LogP contribution in [0.5, 0.6) is 0 Å². The first-order valence-electron chi connectivity index (χ1n) is 12.7. The summed E-state index contributed by atoms with van der Waals surface area (Å²) in [6.07, 6.45) is 5.38. The van der Waals surface area contributed by atoms with E-state index in [1.54, 1.807) is 18.2 Å². The lowest BCUT2D eigenvalue weighted by atomic mass is 10.1. The van der Waals surface area contributed by atoms with E-state index in [1.165, 1.54) is 17.9 Å². The average molecular weight is 528 g/mol. The first-order valence-corrected chi connectivity index (χ1v) is 14.6. The highest BCUT2D eigenvalue weighted by molar-refractivity contribution is 7.92. The highest BCUT2D eigenvalue weighted by Crippen LogP contribution is 2.22. The Bertz CT molecular complexity index is 1240. The number of ketones is 1. The Labute approximate surface area is 220 Å². The number of Topliss-reactive ketones (excluding diaryl/α,β-unsaturated/α-hetero) is 1. The van der Waals surface area contributed by atoms with Crippen LogP contribution in [0.2, 0.25) is 0 Å². The lowest BCUT2D eigenvalue weighted by Crippen LogP contribution is -2.53. The van der Waals surface area contributed by atoms with E-state index in [-0.39, 0.29) is 30.0 Å². The summed E-state index contributed by atoms with van der Waals surface area (Å²) < 4.78 is 26.5. The number of rotatable bonds is 11. The highest BCUT2D eigenvalue weighted by atomic mass is 32.2. The fourth-order valence-electron chi connectivity index (χ4n) is 4.79. The number of sulfonamides is 1. The number of hydrogen-bond acceptors (Lipinski definition) is 5. The molecule has 2 aromatic rings. The summed E-state index contributed by atoms with van der Waals surface area (Å²) in [6, 6.07) is 13.2. The van der Waals surface area contributed by atoms with Gasteiger partial charge in [0, 0.05) is 18.2 Å². The van der Waals surface area contributed by atoms with Crippen molar-refractivity contribution in [2.75, 3.05) is 17.1 Å². The van der Waals surface area contributed by atoms with Crippen LogP contribution in [0.25, 0.3) is 0 Å². The van der Waals surface area contributed by atoms with Crippen LogP contribution in [0.3, 0.4) is 0 Å². The van der Waals surface area contributed by atoms with Gasteiger partial charge in [0.15, 0.2) is 5.78 Å². The number of benzene rings is 2. The summed E-state index contributed by atoms with van der Waals surface area (Å²) in [6.45, 7) is 4.88. The van der Waals surface area contributed by atoms with Crippen molar-refractivity contribution in [2.45, 2.75) is 71.5 Å². The third-order valence-corrected chi connectivity index (χ3v) is 7.88. The van der Waals surface area contributed by atoms with Crippen LogP contribution < -0.4 is 9.62 Å². The first-order chi connectivity index (χ1) is 17.5. The van der Waals surface area contributed by atoms with E-state index >= 15 is 0 Å². The molecule has 0 radical (unpaired) electrons. The van der Waals surface area contributed by atoms with Crippen LogP contribution in [0.4, 0.5) is 5.69 Å². The molecule has 0 bridgehead atoms. The largest absolute Gasteiger partial charge is 0.352 e. The van der Waals surface area contributed by atoms with Crippen molar-refractivity contribution in [3.63, 3.8) is 0 Å². The predicted octanol–water partition coefficient (Wildman–Crippen LogP) is 3.83. The van der Waals surface area contributed by atoms with Crippen LogP contribution in [-0.4, -0.2) is 55.8 Å². The minimum Gasteiger partial charge on any atom is -0.352 e. The molecule has 0 saturated heterocycles. The van der Waals surface area contributed by atoms with Crippen molar-refractivity contribution in [3.8, 4) is 0 Å². The summed E-state index contributed by atoms with van der Waals surface area (Å²) >= 11 is 0. The highest BCUT2D eigenvalue weighted by Gasteiger charge is 2.33. The maximum absolute atomic E-state index is 13.8. The van der Waals surface area contributed by atoms with Gasteiger partial charge in [-0.05, 0) is 50.8 Å². The minimum absolute atomic E-state index is 0.0966. The van der Waals surface area contributed by atoms with Gasteiger partial charge >= 0.3 is 0 Å². The Balaban J connectivity index is 1.95. The average Bonchev–Trinajstić information content (AvgIpc) is 3.34. The van der Waals surface area contributed by atoms with Crippen molar-refractivity contribution in [1.29, 1.82) is 0 Å². The second kappa shape index (κ2) is 12.4. The maximum atomic E-state index is 13.8. The Morgan fingerprint density at radius 2 is 1.73 bits per heavy atom. The fourth-order valence-corrected chi connectivity index (χ4v) is 5.63. The Morgan fingerprint density at radius 1 is 1.05 bits per heavy atom. The molecule has 0 spiro atoms. The Hall–Kier alpha value is -3.20.